The van der Waals surface area contributed by atoms with Crippen LogP contribution in [0.1, 0.15) is 43.4 Å². The van der Waals surface area contributed by atoms with Crippen LogP contribution in [0.2, 0.25) is 0 Å². The van der Waals surface area contributed by atoms with Crippen molar-refractivity contribution in [3.8, 4) is 11.1 Å². The first-order valence-electron chi connectivity index (χ1n) is 7.33. The van der Waals surface area contributed by atoms with Crippen LogP contribution in [-0.2, 0) is 0 Å². The molecule has 2 aromatic carbocycles. The van der Waals surface area contributed by atoms with Crippen LogP contribution in [0.3, 0.4) is 0 Å². The highest BCUT2D eigenvalue weighted by molar-refractivity contribution is 5.78. The molecule has 0 bridgehead atoms. The highest BCUT2D eigenvalue weighted by Gasteiger charge is 2.26. The molecule has 98 valence electrons. The molecule has 0 aromatic heterocycles. The summed E-state index contributed by atoms with van der Waals surface area (Å²) in [6.45, 7) is 3.35. The number of nitrogens with one attached hydrogen (secondary N) is 1. The van der Waals surface area contributed by atoms with E-state index in [0.717, 1.165) is 6.54 Å². The van der Waals surface area contributed by atoms with Crippen molar-refractivity contribution in [1.82, 2.24) is 5.32 Å². The summed E-state index contributed by atoms with van der Waals surface area (Å²) < 4.78 is 0. The normalized spacial score (nSPS) is 13.3. The SMILES string of the molecule is CCCCCNC1c2ccccc2-c2ccccc21. The van der Waals surface area contributed by atoms with Gasteiger partial charge in [0.05, 0.1) is 6.04 Å². The molecule has 0 spiro atoms. The Morgan fingerprint density at radius 3 is 2.00 bits per heavy atom. The summed E-state index contributed by atoms with van der Waals surface area (Å²) in [6.07, 6.45) is 3.85. The van der Waals surface area contributed by atoms with E-state index in [4.69, 9.17) is 0 Å². The molecule has 2 aromatic rings. The van der Waals surface area contributed by atoms with Gasteiger partial charge in [0.2, 0.25) is 0 Å². The van der Waals surface area contributed by atoms with Crippen LogP contribution < -0.4 is 5.32 Å². The molecular weight excluding hydrogens is 230 g/mol. The maximum atomic E-state index is 3.73. The first kappa shape index (κ1) is 12.4. The fraction of sp³-hybridized carbons (Fsp3) is 0.333. The van der Waals surface area contributed by atoms with Crippen molar-refractivity contribution in [1.29, 1.82) is 0 Å². The van der Waals surface area contributed by atoms with E-state index in [-0.39, 0.29) is 0 Å². The first-order valence-corrected chi connectivity index (χ1v) is 7.33. The second-order valence-corrected chi connectivity index (χ2v) is 5.27. The Labute approximate surface area is 115 Å². The zero-order valence-corrected chi connectivity index (χ0v) is 11.5. The van der Waals surface area contributed by atoms with Crippen molar-refractivity contribution in [2.75, 3.05) is 6.54 Å². The molecule has 0 heterocycles. The van der Waals surface area contributed by atoms with Gasteiger partial charge in [-0.2, -0.15) is 0 Å². The van der Waals surface area contributed by atoms with Crippen molar-refractivity contribution in [2.45, 2.75) is 32.2 Å². The Bertz CT molecular complexity index is 514. The van der Waals surface area contributed by atoms with Gasteiger partial charge in [-0.3, -0.25) is 0 Å². The number of fused-ring (bicyclic) bond motifs is 3. The molecule has 1 aliphatic rings. The number of unbranched alkanes of at least 4 members (excludes halogenated alkanes) is 2. The third-order valence-electron chi connectivity index (χ3n) is 3.96. The van der Waals surface area contributed by atoms with Crippen LogP contribution in [0.15, 0.2) is 48.5 Å². The maximum absolute atomic E-state index is 3.73. The smallest absolute Gasteiger partial charge is 0.0588 e. The lowest BCUT2D eigenvalue weighted by Gasteiger charge is -2.15. The van der Waals surface area contributed by atoms with Gasteiger partial charge in [0.25, 0.3) is 0 Å². The number of hydrogen-bond acceptors (Lipinski definition) is 1. The summed E-state index contributed by atoms with van der Waals surface area (Å²) in [6, 6.07) is 17.9. The van der Waals surface area contributed by atoms with Crippen molar-refractivity contribution in [2.24, 2.45) is 0 Å². The number of hydrogen-bond donors (Lipinski definition) is 1. The Hall–Kier alpha value is -1.60. The average Bonchev–Trinajstić information content (AvgIpc) is 2.78. The third kappa shape index (κ3) is 2.31. The summed E-state index contributed by atoms with van der Waals surface area (Å²) in [7, 11) is 0. The molecule has 1 aliphatic carbocycles. The van der Waals surface area contributed by atoms with Gasteiger partial charge in [0.15, 0.2) is 0 Å². The predicted octanol–water partition coefficient (Wildman–Crippen LogP) is 4.54. The molecule has 0 aliphatic heterocycles. The summed E-state index contributed by atoms with van der Waals surface area (Å²) in [4.78, 5) is 0. The quantitative estimate of drug-likeness (QED) is 0.769. The van der Waals surface area contributed by atoms with Gasteiger partial charge >= 0.3 is 0 Å². The largest absolute Gasteiger partial charge is 0.306 e. The zero-order chi connectivity index (χ0) is 13.1. The van der Waals surface area contributed by atoms with E-state index in [1.165, 1.54) is 41.5 Å². The molecule has 0 fully saturated rings. The Morgan fingerprint density at radius 2 is 1.42 bits per heavy atom. The molecule has 0 saturated heterocycles. The lowest BCUT2D eigenvalue weighted by atomic mass is 10.1. The van der Waals surface area contributed by atoms with Crippen LogP contribution >= 0.6 is 0 Å². The third-order valence-corrected chi connectivity index (χ3v) is 3.96. The number of benzene rings is 2. The summed E-state index contributed by atoms with van der Waals surface area (Å²) in [5, 5.41) is 3.73. The highest BCUT2D eigenvalue weighted by atomic mass is 14.9. The summed E-state index contributed by atoms with van der Waals surface area (Å²) >= 11 is 0. The molecule has 0 radical (unpaired) electrons. The summed E-state index contributed by atoms with van der Waals surface area (Å²) in [5.41, 5.74) is 5.65. The fourth-order valence-electron chi connectivity index (χ4n) is 3.00. The van der Waals surface area contributed by atoms with E-state index < -0.39 is 0 Å². The topological polar surface area (TPSA) is 12.0 Å². The van der Waals surface area contributed by atoms with Gasteiger partial charge < -0.3 is 5.32 Å². The molecule has 1 nitrogen and oxygen atoms in total. The van der Waals surface area contributed by atoms with Gasteiger partial charge in [-0.25, -0.2) is 0 Å². The maximum Gasteiger partial charge on any atom is 0.0588 e. The predicted molar refractivity (Wildman–Crippen MR) is 81.2 cm³/mol. The van der Waals surface area contributed by atoms with E-state index in [1.54, 1.807) is 0 Å². The molecule has 19 heavy (non-hydrogen) atoms. The molecule has 1 heteroatoms. The minimum Gasteiger partial charge on any atom is -0.306 e. The van der Waals surface area contributed by atoms with Crippen molar-refractivity contribution in [3.05, 3.63) is 59.7 Å². The second kappa shape index (κ2) is 5.58. The first-order chi connectivity index (χ1) is 9.42. The van der Waals surface area contributed by atoms with Crippen LogP contribution in [0, 0.1) is 0 Å². The highest BCUT2D eigenvalue weighted by Crippen LogP contribution is 2.42. The van der Waals surface area contributed by atoms with Crippen LogP contribution in [-0.4, -0.2) is 6.54 Å². The van der Waals surface area contributed by atoms with E-state index in [9.17, 15) is 0 Å². The molecule has 0 amide bonds. The van der Waals surface area contributed by atoms with Gasteiger partial charge in [0.1, 0.15) is 0 Å². The average molecular weight is 251 g/mol. The van der Waals surface area contributed by atoms with Crippen LogP contribution in [0.4, 0.5) is 0 Å². The summed E-state index contributed by atoms with van der Waals surface area (Å²) in [5.74, 6) is 0. The molecule has 1 N–H and O–H groups in total. The Morgan fingerprint density at radius 1 is 0.842 bits per heavy atom. The van der Waals surface area contributed by atoms with Crippen LogP contribution in [0.5, 0.6) is 0 Å². The molecule has 3 rings (SSSR count). The Kier molecular flexibility index (Phi) is 3.65. The van der Waals surface area contributed by atoms with E-state index >= 15 is 0 Å². The molecule has 0 saturated carbocycles. The van der Waals surface area contributed by atoms with Gasteiger partial charge in [-0.05, 0) is 35.2 Å². The minimum atomic E-state index is 0.379. The van der Waals surface area contributed by atoms with Gasteiger partial charge in [0, 0.05) is 0 Å². The fourth-order valence-corrected chi connectivity index (χ4v) is 3.00. The van der Waals surface area contributed by atoms with Gasteiger partial charge in [-0.15, -0.1) is 0 Å². The zero-order valence-electron chi connectivity index (χ0n) is 11.5. The molecule has 0 atom stereocenters. The number of rotatable bonds is 5. The lowest BCUT2D eigenvalue weighted by Crippen LogP contribution is -2.21. The lowest BCUT2D eigenvalue weighted by molar-refractivity contribution is 0.572. The van der Waals surface area contributed by atoms with E-state index in [1.807, 2.05) is 0 Å². The second-order valence-electron chi connectivity index (χ2n) is 5.27. The Balaban J connectivity index is 1.87. The van der Waals surface area contributed by atoms with Crippen molar-refractivity contribution >= 4 is 0 Å². The standard InChI is InChI=1S/C18H21N/c1-2-3-8-13-19-18-16-11-6-4-9-14(16)15-10-5-7-12-17(15)18/h4-7,9-12,18-19H,2-3,8,13H2,1H3. The molecular formula is C18H21N. The molecule has 0 unspecified atom stereocenters. The van der Waals surface area contributed by atoms with E-state index in [0.29, 0.717) is 6.04 Å². The van der Waals surface area contributed by atoms with Gasteiger partial charge in [-0.1, -0.05) is 68.3 Å². The van der Waals surface area contributed by atoms with Crippen molar-refractivity contribution in [3.63, 3.8) is 0 Å². The van der Waals surface area contributed by atoms with Crippen molar-refractivity contribution < 1.29 is 0 Å². The van der Waals surface area contributed by atoms with Crippen LogP contribution in [0.25, 0.3) is 11.1 Å². The minimum absolute atomic E-state index is 0.379. The van der Waals surface area contributed by atoms with E-state index in [2.05, 4.69) is 60.8 Å². The monoisotopic (exact) mass is 251 g/mol.